The Kier molecular flexibility index (Phi) is 4.70. The summed E-state index contributed by atoms with van der Waals surface area (Å²) in [6.07, 6.45) is -4.17. The number of nitrogens with zero attached hydrogens (tertiary/aromatic N) is 3. The van der Waals surface area contributed by atoms with Crippen molar-refractivity contribution in [3.63, 3.8) is 0 Å². The summed E-state index contributed by atoms with van der Waals surface area (Å²) < 4.78 is 38.9. The van der Waals surface area contributed by atoms with Crippen molar-refractivity contribution in [3.05, 3.63) is 70.0 Å². The van der Waals surface area contributed by atoms with Gasteiger partial charge < -0.3 is 5.32 Å². The van der Waals surface area contributed by atoms with E-state index < -0.39 is 16.9 Å². The summed E-state index contributed by atoms with van der Waals surface area (Å²) in [5.74, 6) is -1.10. The normalized spacial score (nSPS) is 11.5. The van der Waals surface area contributed by atoms with E-state index in [0.29, 0.717) is 18.4 Å². The van der Waals surface area contributed by atoms with E-state index in [0.717, 1.165) is 5.56 Å². The Morgan fingerprint density at radius 2 is 1.73 bits per heavy atom. The van der Waals surface area contributed by atoms with Crippen molar-refractivity contribution in [2.24, 2.45) is 0 Å². The van der Waals surface area contributed by atoms with Crippen LogP contribution in [0.5, 0.6) is 0 Å². The molecule has 0 bridgehead atoms. The SMILES string of the molecule is O=[N+]([O-])c1ccc(CCNc2nc(C(F)(F)F)nc3ccccc23)cc1. The van der Waals surface area contributed by atoms with Crippen LogP contribution >= 0.6 is 0 Å². The molecular formula is C17H13F3N4O2. The van der Waals surface area contributed by atoms with Gasteiger partial charge in [0.15, 0.2) is 0 Å². The second kappa shape index (κ2) is 6.95. The van der Waals surface area contributed by atoms with E-state index in [4.69, 9.17) is 0 Å². The maximum atomic E-state index is 13.0. The minimum Gasteiger partial charge on any atom is -0.369 e. The van der Waals surface area contributed by atoms with Crippen LogP contribution in [0, 0.1) is 10.1 Å². The zero-order valence-electron chi connectivity index (χ0n) is 13.3. The topological polar surface area (TPSA) is 81.0 Å². The van der Waals surface area contributed by atoms with Gasteiger partial charge in [-0.1, -0.05) is 24.3 Å². The lowest BCUT2D eigenvalue weighted by Gasteiger charge is -2.12. The highest BCUT2D eigenvalue weighted by Gasteiger charge is 2.35. The molecule has 0 saturated heterocycles. The Bertz CT molecular complexity index is 943. The predicted octanol–water partition coefficient (Wildman–Crippen LogP) is 4.21. The number of nitro groups is 1. The third kappa shape index (κ3) is 3.88. The van der Waals surface area contributed by atoms with Gasteiger partial charge in [-0.15, -0.1) is 0 Å². The van der Waals surface area contributed by atoms with Crippen LogP contribution in [-0.4, -0.2) is 21.4 Å². The Hall–Kier alpha value is -3.23. The first-order chi connectivity index (χ1) is 12.3. The van der Waals surface area contributed by atoms with Gasteiger partial charge >= 0.3 is 6.18 Å². The number of anilines is 1. The lowest BCUT2D eigenvalue weighted by Crippen LogP contribution is -2.14. The molecule has 6 nitrogen and oxygen atoms in total. The van der Waals surface area contributed by atoms with Gasteiger partial charge in [0, 0.05) is 24.1 Å². The molecule has 0 aliphatic rings. The molecule has 0 radical (unpaired) electrons. The first-order valence-corrected chi connectivity index (χ1v) is 7.66. The van der Waals surface area contributed by atoms with Crippen LogP contribution in [0.2, 0.25) is 0 Å². The van der Waals surface area contributed by atoms with Gasteiger partial charge in [0.1, 0.15) is 5.82 Å². The van der Waals surface area contributed by atoms with Crippen LogP contribution in [0.3, 0.4) is 0 Å². The van der Waals surface area contributed by atoms with Gasteiger partial charge in [0.05, 0.1) is 10.4 Å². The van der Waals surface area contributed by atoms with Crippen LogP contribution < -0.4 is 5.32 Å². The Morgan fingerprint density at radius 3 is 2.38 bits per heavy atom. The fourth-order valence-electron chi connectivity index (χ4n) is 2.45. The maximum Gasteiger partial charge on any atom is 0.451 e. The Labute approximate surface area is 145 Å². The van der Waals surface area contributed by atoms with Crippen molar-refractivity contribution in [3.8, 4) is 0 Å². The first-order valence-electron chi connectivity index (χ1n) is 7.66. The zero-order valence-corrected chi connectivity index (χ0v) is 13.3. The average Bonchev–Trinajstić information content (AvgIpc) is 2.61. The fraction of sp³-hybridized carbons (Fsp3) is 0.176. The third-order valence-electron chi connectivity index (χ3n) is 3.71. The smallest absolute Gasteiger partial charge is 0.369 e. The summed E-state index contributed by atoms with van der Waals surface area (Å²) in [7, 11) is 0. The van der Waals surface area contributed by atoms with Gasteiger partial charge in [-0.3, -0.25) is 10.1 Å². The molecule has 1 aromatic heterocycles. The van der Waals surface area contributed by atoms with E-state index in [1.165, 1.54) is 18.2 Å². The molecule has 26 heavy (non-hydrogen) atoms. The molecule has 0 aliphatic heterocycles. The molecule has 0 atom stereocenters. The fourth-order valence-corrected chi connectivity index (χ4v) is 2.45. The molecule has 0 amide bonds. The molecule has 0 aliphatic carbocycles. The molecule has 134 valence electrons. The lowest BCUT2D eigenvalue weighted by atomic mass is 10.1. The highest BCUT2D eigenvalue weighted by atomic mass is 19.4. The van der Waals surface area contributed by atoms with E-state index >= 15 is 0 Å². The van der Waals surface area contributed by atoms with Gasteiger partial charge in [-0.25, -0.2) is 9.97 Å². The van der Waals surface area contributed by atoms with Gasteiger partial charge in [-0.05, 0) is 24.1 Å². The quantitative estimate of drug-likeness (QED) is 0.543. The molecule has 0 spiro atoms. The third-order valence-corrected chi connectivity index (χ3v) is 3.71. The van der Waals surface area contributed by atoms with E-state index in [-0.39, 0.29) is 17.0 Å². The summed E-state index contributed by atoms with van der Waals surface area (Å²) in [6, 6.07) is 12.4. The molecule has 0 saturated carbocycles. The van der Waals surface area contributed by atoms with Crippen molar-refractivity contribution < 1.29 is 18.1 Å². The standard InChI is InChI=1S/C17H13F3N4O2/c18-17(19,20)16-22-14-4-2-1-3-13(14)15(23-16)21-10-9-11-5-7-12(8-6-11)24(25)26/h1-8H,9-10H2,(H,21,22,23). The molecule has 1 N–H and O–H groups in total. The average molecular weight is 362 g/mol. The maximum absolute atomic E-state index is 13.0. The van der Waals surface area contributed by atoms with E-state index in [9.17, 15) is 23.3 Å². The zero-order chi connectivity index (χ0) is 18.7. The number of halogens is 3. The molecule has 0 fully saturated rings. The Morgan fingerprint density at radius 1 is 1.04 bits per heavy atom. The van der Waals surface area contributed by atoms with Crippen LogP contribution in [0.4, 0.5) is 24.7 Å². The largest absolute Gasteiger partial charge is 0.451 e. The minimum absolute atomic E-state index is 0.0154. The van der Waals surface area contributed by atoms with E-state index in [2.05, 4.69) is 15.3 Å². The summed E-state index contributed by atoms with van der Waals surface area (Å²) in [5, 5.41) is 14.0. The van der Waals surface area contributed by atoms with Crippen LogP contribution in [-0.2, 0) is 12.6 Å². The monoisotopic (exact) mass is 362 g/mol. The first kappa shape index (κ1) is 17.6. The molecular weight excluding hydrogens is 349 g/mol. The number of aromatic nitrogens is 2. The number of hydrogen-bond acceptors (Lipinski definition) is 5. The van der Waals surface area contributed by atoms with Crippen LogP contribution in [0.15, 0.2) is 48.5 Å². The summed E-state index contributed by atoms with van der Waals surface area (Å²) in [6.45, 7) is 0.316. The van der Waals surface area contributed by atoms with Crippen LogP contribution in [0.25, 0.3) is 10.9 Å². The summed E-state index contributed by atoms with van der Waals surface area (Å²) in [5.41, 5.74) is 1.00. The minimum atomic E-state index is -4.64. The van der Waals surface area contributed by atoms with Gasteiger partial charge in [0.25, 0.3) is 5.69 Å². The molecule has 0 unspecified atom stereocenters. The van der Waals surface area contributed by atoms with Crippen molar-refractivity contribution in [2.45, 2.75) is 12.6 Å². The van der Waals surface area contributed by atoms with Gasteiger partial charge in [0.2, 0.25) is 5.82 Å². The second-order valence-electron chi connectivity index (χ2n) is 5.51. The summed E-state index contributed by atoms with van der Waals surface area (Å²) >= 11 is 0. The van der Waals surface area contributed by atoms with Crippen molar-refractivity contribution in [2.75, 3.05) is 11.9 Å². The predicted molar refractivity (Wildman–Crippen MR) is 89.8 cm³/mol. The number of nitro benzene ring substituents is 1. The molecule has 2 aromatic carbocycles. The number of benzene rings is 2. The van der Waals surface area contributed by atoms with Crippen LogP contribution in [0.1, 0.15) is 11.4 Å². The molecule has 1 heterocycles. The molecule has 9 heteroatoms. The van der Waals surface area contributed by atoms with Crippen molar-refractivity contribution in [1.29, 1.82) is 0 Å². The van der Waals surface area contributed by atoms with Gasteiger partial charge in [-0.2, -0.15) is 13.2 Å². The number of rotatable bonds is 5. The Balaban J connectivity index is 1.78. The number of hydrogen-bond donors (Lipinski definition) is 1. The molecule has 3 rings (SSSR count). The molecule has 3 aromatic rings. The van der Waals surface area contributed by atoms with Crippen molar-refractivity contribution >= 4 is 22.4 Å². The number of fused-ring (bicyclic) bond motifs is 1. The number of alkyl halides is 3. The van der Waals surface area contributed by atoms with E-state index in [1.54, 1.807) is 30.3 Å². The highest BCUT2D eigenvalue weighted by molar-refractivity contribution is 5.89. The van der Waals surface area contributed by atoms with E-state index in [1.807, 2.05) is 0 Å². The highest BCUT2D eigenvalue weighted by Crippen LogP contribution is 2.30. The number of non-ortho nitro benzene ring substituents is 1. The number of nitrogens with one attached hydrogen (secondary N) is 1. The second-order valence-corrected chi connectivity index (χ2v) is 5.51. The summed E-state index contributed by atoms with van der Waals surface area (Å²) in [4.78, 5) is 17.3. The van der Waals surface area contributed by atoms with Crippen molar-refractivity contribution in [1.82, 2.24) is 9.97 Å². The number of para-hydroxylation sites is 1. The lowest BCUT2D eigenvalue weighted by molar-refractivity contribution is -0.384.